The molecule has 1 aromatic rings. The highest BCUT2D eigenvalue weighted by molar-refractivity contribution is 5.47. The van der Waals surface area contributed by atoms with Crippen molar-refractivity contribution in [1.82, 2.24) is 4.98 Å². The number of hydrogen-bond acceptors (Lipinski definition) is 2. The van der Waals surface area contributed by atoms with Crippen molar-refractivity contribution >= 4 is 5.69 Å². The molecule has 0 spiro atoms. The Balaban J connectivity index is 3.11. The van der Waals surface area contributed by atoms with Crippen LogP contribution in [0.2, 0.25) is 0 Å². The van der Waals surface area contributed by atoms with E-state index in [1.807, 2.05) is 6.92 Å². The van der Waals surface area contributed by atoms with E-state index >= 15 is 0 Å². The summed E-state index contributed by atoms with van der Waals surface area (Å²) in [5, 5.41) is 0. The fourth-order valence-electron chi connectivity index (χ4n) is 1.23. The SMILES string of the molecule is Cc1cc(N(C)C)cc(C(C)C)n1. The highest BCUT2D eigenvalue weighted by Gasteiger charge is 2.04. The zero-order valence-corrected chi connectivity index (χ0v) is 9.13. The summed E-state index contributed by atoms with van der Waals surface area (Å²) in [6.07, 6.45) is 0. The highest BCUT2D eigenvalue weighted by Crippen LogP contribution is 2.19. The van der Waals surface area contributed by atoms with Crippen molar-refractivity contribution in [2.75, 3.05) is 19.0 Å². The van der Waals surface area contributed by atoms with E-state index in [1.54, 1.807) is 0 Å². The maximum atomic E-state index is 4.49. The summed E-state index contributed by atoms with van der Waals surface area (Å²) >= 11 is 0. The van der Waals surface area contributed by atoms with Crippen molar-refractivity contribution in [3.63, 3.8) is 0 Å². The van der Waals surface area contributed by atoms with E-state index in [1.165, 1.54) is 11.4 Å². The van der Waals surface area contributed by atoms with Crippen molar-refractivity contribution in [3.8, 4) is 0 Å². The fourth-order valence-corrected chi connectivity index (χ4v) is 1.23. The Labute approximate surface area is 80.6 Å². The van der Waals surface area contributed by atoms with Gasteiger partial charge >= 0.3 is 0 Å². The summed E-state index contributed by atoms with van der Waals surface area (Å²) < 4.78 is 0. The van der Waals surface area contributed by atoms with Crippen LogP contribution in [-0.2, 0) is 0 Å². The molecule has 72 valence electrons. The van der Waals surface area contributed by atoms with E-state index in [0.29, 0.717) is 5.92 Å². The van der Waals surface area contributed by atoms with Crippen LogP contribution < -0.4 is 4.90 Å². The normalized spacial score (nSPS) is 10.6. The van der Waals surface area contributed by atoms with Crippen molar-refractivity contribution in [3.05, 3.63) is 23.5 Å². The summed E-state index contributed by atoms with van der Waals surface area (Å²) in [6, 6.07) is 4.25. The summed E-state index contributed by atoms with van der Waals surface area (Å²) in [5.74, 6) is 0.499. The lowest BCUT2D eigenvalue weighted by molar-refractivity contribution is 0.814. The number of anilines is 1. The lowest BCUT2D eigenvalue weighted by Crippen LogP contribution is -2.10. The van der Waals surface area contributed by atoms with Gasteiger partial charge < -0.3 is 4.90 Å². The van der Waals surface area contributed by atoms with Gasteiger partial charge in [0.2, 0.25) is 0 Å². The average molecular weight is 178 g/mol. The van der Waals surface area contributed by atoms with E-state index in [2.05, 4.69) is 50.0 Å². The molecule has 1 aromatic heterocycles. The molecular weight excluding hydrogens is 160 g/mol. The molecule has 0 bridgehead atoms. The minimum Gasteiger partial charge on any atom is -0.378 e. The molecule has 0 radical (unpaired) electrons. The van der Waals surface area contributed by atoms with E-state index in [4.69, 9.17) is 0 Å². The van der Waals surface area contributed by atoms with Gasteiger partial charge in [0.15, 0.2) is 0 Å². The van der Waals surface area contributed by atoms with Crippen LogP contribution in [0.5, 0.6) is 0 Å². The van der Waals surface area contributed by atoms with Crippen LogP contribution in [0.1, 0.15) is 31.2 Å². The first kappa shape index (κ1) is 10.0. The number of aromatic nitrogens is 1. The van der Waals surface area contributed by atoms with Crippen LogP contribution in [-0.4, -0.2) is 19.1 Å². The first-order valence-corrected chi connectivity index (χ1v) is 4.66. The molecule has 0 unspecified atom stereocenters. The second-order valence-electron chi connectivity index (χ2n) is 3.94. The number of nitrogens with zero attached hydrogens (tertiary/aromatic N) is 2. The Morgan fingerprint density at radius 3 is 2.31 bits per heavy atom. The molecule has 0 saturated carbocycles. The smallest absolute Gasteiger partial charge is 0.0452 e. The third-order valence-corrected chi connectivity index (χ3v) is 2.07. The van der Waals surface area contributed by atoms with Crippen molar-refractivity contribution in [2.45, 2.75) is 26.7 Å². The Kier molecular flexibility index (Phi) is 2.91. The van der Waals surface area contributed by atoms with Crippen LogP contribution in [0, 0.1) is 6.92 Å². The van der Waals surface area contributed by atoms with Gasteiger partial charge in [-0.05, 0) is 25.0 Å². The first-order chi connectivity index (χ1) is 6.00. The predicted octanol–water partition coefficient (Wildman–Crippen LogP) is 2.58. The molecule has 0 aromatic carbocycles. The third-order valence-electron chi connectivity index (χ3n) is 2.07. The molecule has 0 aliphatic heterocycles. The van der Waals surface area contributed by atoms with Crippen molar-refractivity contribution < 1.29 is 0 Å². The fraction of sp³-hybridized carbons (Fsp3) is 0.545. The topological polar surface area (TPSA) is 16.1 Å². The zero-order valence-electron chi connectivity index (χ0n) is 9.13. The standard InChI is InChI=1S/C11H18N2/c1-8(2)11-7-10(13(4)5)6-9(3)12-11/h6-8H,1-5H3. The van der Waals surface area contributed by atoms with Gasteiger partial charge in [-0.2, -0.15) is 0 Å². The van der Waals surface area contributed by atoms with Crippen LogP contribution >= 0.6 is 0 Å². The molecule has 0 amide bonds. The monoisotopic (exact) mass is 178 g/mol. The van der Waals surface area contributed by atoms with Crippen molar-refractivity contribution in [2.24, 2.45) is 0 Å². The molecule has 0 fully saturated rings. The molecule has 13 heavy (non-hydrogen) atoms. The van der Waals surface area contributed by atoms with E-state index in [-0.39, 0.29) is 0 Å². The molecule has 0 saturated heterocycles. The molecule has 0 N–H and O–H groups in total. The van der Waals surface area contributed by atoms with Gasteiger partial charge in [-0.3, -0.25) is 4.98 Å². The second-order valence-corrected chi connectivity index (χ2v) is 3.94. The molecule has 1 heterocycles. The quantitative estimate of drug-likeness (QED) is 0.692. The summed E-state index contributed by atoms with van der Waals surface area (Å²) in [6.45, 7) is 6.38. The number of pyridine rings is 1. The maximum absolute atomic E-state index is 4.49. The van der Waals surface area contributed by atoms with E-state index < -0.39 is 0 Å². The molecule has 0 aliphatic carbocycles. The molecule has 1 rings (SSSR count). The second kappa shape index (κ2) is 3.77. The Bertz CT molecular complexity index is 264. The van der Waals surface area contributed by atoms with Crippen LogP contribution in [0.15, 0.2) is 12.1 Å². The number of rotatable bonds is 2. The van der Waals surface area contributed by atoms with Gasteiger partial charge in [-0.15, -0.1) is 0 Å². The van der Waals surface area contributed by atoms with Gasteiger partial charge in [0.1, 0.15) is 0 Å². The van der Waals surface area contributed by atoms with Gasteiger partial charge in [0.25, 0.3) is 0 Å². The van der Waals surface area contributed by atoms with Crippen molar-refractivity contribution in [1.29, 1.82) is 0 Å². The van der Waals surface area contributed by atoms with Gasteiger partial charge in [0, 0.05) is 31.2 Å². The molecule has 0 atom stereocenters. The van der Waals surface area contributed by atoms with Gasteiger partial charge in [-0.1, -0.05) is 13.8 Å². The van der Waals surface area contributed by atoms with Crippen LogP contribution in [0.4, 0.5) is 5.69 Å². The van der Waals surface area contributed by atoms with E-state index in [9.17, 15) is 0 Å². The lowest BCUT2D eigenvalue weighted by atomic mass is 10.1. The lowest BCUT2D eigenvalue weighted by Gasteiger charge is -2.15. The Morgan fingerprint density at radius 2 is 1.85 bits per heavy atom. The Hall–Kier alpha value is -1.05. The van der Waals surface area contributed by atoms with Gasteiger partial charge in [-0.25, -0.2) is 0 Å². The van der Waals surface area contributed by atoms with Gasteiger partial charge in [0.05, 0.1) is 0 Å². The molecule has 2 heteroatoms. The van der Waals surface area contributed by atoms with E-state index in [0.717, 1.165) is 5.69 Å². The predicted molar refractivity (Wildman–Crippen MR) is 57.4 cm³/mol. The average Bonchev–Trinajstić information content (AvgIpc) is 2.03. The number of hydrogen-bond donors (Lipinski definition) is 0. The van der Waals surface area contributed by atoms with Crippen LogP contribution in [0.3, 0.4) is 0 Å². The minimum atomic E-state index is 0.499. The molecule has 0 aliphatic rings. The third kappa shape index (κ3) is 2.44. The first-order valence-electron chi connectivity index (χ1n) is 4.66. The minimum absolute atomic E-state index is 0.499. The molecule has 2 nitrogen and oxygen atoms in total. The largest absolute Gasteiger partial charge is 0.378 e. The summed E-state index contributed by atoms with van der Waals surface area (Å²) in [7, 11) is 4.11. The van der Waals surface area contributed by atoms with Crippen LogP contribution in [0.25, 0.3) is 0 Å². The maximum Gasteiger partial charge on any atom is 0.0452 e. The zero-order chi connectivity index (χ0) is 10.0. The molecular formula is C11H18N2. The summed E-state index contributed by atoms with van der Waals surface area (Å²) in [5.41, 5.74) is 3.50. The number of aryl methyl sites for hydroxylation is 1. The Morgan fingerprint density at radius 1 is 1.23 bits per heavy atom. The highest BCUT2D eigenvalue weighted by atomic mass is 15.1. The summed E-state index contributed by atoms with van der Waals surface area (Å²) in [4.78, 5) is 6.60.